The lowest BCUT2D eigenvalue weighted by Gasteiger charge is -2.57. The Balaban J connectivity index is 1.66. The molecule has 0 aromatic heterocycles. The van der Waals surface area contributed by atoms with Crippen molar-refractivity contribution in [2.45, 2.75) is 20.3 Å². The number of primary amides is 1. The van der Waals surface area contributed by atoms with E-state index in [-0.39, 0.29) is 23.3 Å². The number of rotatable bonds is 6. The number of amides is 2. The van der Waals surface area contributed by atoms with Crippen molar-refractivity contribution in [3.8, 4) is 5.75 Å². The Kier molecular flexibility index (Phi) is 4.73. The molecule has 1 aliphatic carbocycles. The van der Waals surface area contributed by atoms with Gasteiger partial charge in [-0.1, -0.05) is 26.0 Å². The molecule has 0 unspecified atom stereocenters. The molecule has 142 valence electrons. The highest BCUT2D eigenvalue weighted by Gasteiger charge is 2.63. The highest BCUT2D eigenvalue weighted by molar-refractivity contribution is 5.95. The van der Waals surface area contributed by atoms with Crippen LogP contribution in [-0.2, 0) is 4.79 Å². The molecule has 6 heteroatoms. The number of hydrogen-bond acceptors (Lipinski definition) is 4. The molecule has 3 rings (SSSR count). The predicted octanol–water partition coefficient (Wildman–Crippen LogP) is 1.60. The van der Waals surface area contributed by atoms with Gasteiger partial charge in [-0.3, -0.25) is 9.59 Å². The van der Waals surface area contributed by atoms with Crippen LogP contribution in [0.5, 0.6) is 5.75 Å². The van der Waals surface area contributed by atoms with Crippen molar-refractivity contribution in [3.05, 3.63) is 29.8 Å². The maximum atomic E-state index is 12.7. The van der Waals surface area contributed by atoms with Crippen LogP contribution in [-0.4, -0.2) is 62.0 Å². The fourth-order valence-electron chi connectivity index (χ4n) is 5.19. The monoisotopic (exact) mass is 359 g/mol. The molecule has 0 spiro atoms. The lowest BCUT2D eigenvalue weighted by atomic mass is 9.48. The number of fused-ring (bicyclic) bond motifs is 1. The third-order valence-corrected chi connectivity index (χ3v) is 5.89. The quantitative estimate of drug-likeness (QED) is 0.837. The first kappa shape index (κ1) is 18.7. The number of para-hydroxylation sites is 1. The minimum atomic E-state index is -0.557. The minimum Gasteiger partial charge on any atom is -0.483 e. The van der Waals surface area contributed by atoms with Gasteiger partial charge in [-0.2, -0.15) is 0 Å². The van der Waals surface area contributed by atoms with Crippen LogP contribution >= 0.6 is 0 Å². The summed E-state index contributed by atoms with van der Waals surface area (Å²) in [5, 5.41) is 0. The molecule has 1 heterocycles. The van der Waals surface area contributed by atoms with E-state index in [4.69, 9.17) is 10.5 Å². The Hall–Kier alpha value is -2.08. The number of nitrogens with two attached hydrogens (primary N) is 1. The van der Waals surface area contributed by atoms with E-state index in [0.717, 1.165) is 26.1 Å². The fourth-order valence-corrected chi connectivity index (χ4v) is 5.19. The van der Waals surface area contributed by atoms with Gasteiger partial charge in [0.05, 0.1) is 5.56 Å². The molecule has 26 heavy (non-hydrogen) atoms. The normalized spacial score (nSPS) is 26.3. The Morgan fingerprint density at radius 1 is 1.31 bits per heavy atom. The molecule has 0 radical (unpaired) electrons. The summed E-state index contributed by atoms with van der Waals surface area (Å²) in [6.07, 6.45) is 1.14. The van der Waals surface area contributed by atoms with Gasteiger partial charge in [0.25, 0.3) is 11.8 Å². The van der Waals surface area contributed by atoms with Gasteiger partial charge in [-0.25, -0.2) is 0 Å². The summed E-state index contributed by atoms with van der Waals surface area (Å²) >= 11 is 0. The first-order valence-corrected chi connectivity index (χ1v) is 9.09. The van der Waals surface area contributed by atoms with E-state index in [1.807, 2.05) is 4.90 Å². The number of carbonyl (C=O) groups excluding carboxylic acids is 2. The van der Waals surface area contributed by atoms with Crippen LogP contribution in [0.2, 0.25) is 0 Å². The van der Waals surface area contributed by atoms with E-state index in [2.05, 4.69) is 32.8 Å². The molecule has 0 bridgehead atoms. The van der Waals surface area contributed by atoms with Gasteiger partial charge < -0.3 is 20.3 Å². The lowest BCUT2D eigenvalue weighted by Crippen LogP contribution is -2.57. The standard InChI is InChI=1S/C20H29N3O3/c1-19(2)11-20(12-22(3)4)13-23(9-16(19)20)17(24)10-26-15-8-6-5-7-14(15)18(21)25/h5-8,16H,9-13H2,1-4H3,(H2,21,25)/t16-,20+/m1/s1. The Labute approximate surface area is 155 Å². The molecule has 1 aromatic carbocycles. The van der Waals surface area contributed by atoms with Gasteiger partial charge in [-0.15, -0.1) is 0 Å². The van der Waals surface area contributed by atoms with Crippen LogP contribution in [0.4, 0.5) is 0 Å². The molecular weight excluding hydrogens is 330 g/mol. The van der Waals surface area contributed by atoms with E-state index in [0.29, 0.717) is 17.2 Å². The molecule has 1 saturated carbocycles. The number of carbonyl (C=O) groups is 2. The summed E-state index contributed by atoms with van der Waals surface area (Å²) in [5.74, 6) is 0.282. The van der Waals surface area contributed by atoms with Crippen molar-refractivity contribution in [2.75, 3.05) is 40.3 Å². The zero-order valence-electron chi connectivity index (χ0n) is 16.1. The van der Waals surface area contributed by atoms with Gasteiger partial charge in [0.1, 0.15) is 5.75 Å². The summed E-state index contributed by atoms with van der Waals surface area (Å²) < 4.78 is 5.63. The number of hydrogen-bond donors (Lipinski definition) is 1. The SMILES string of the molecule is CN(C)C[C@@]12CN(C(=O)COc3ccccc3C(N)=O)C[C@@H]1C(C)(C)C2. The highest BCUT2D eigenvalue weighted by Crippen LogP contribution is 2.62. The average molecular weight is 359 g/mol. The average Bonchev–Trinajstić information content (AvgIpc) is 2.86. The first-order valence-electron chi connectivity index (χ1n) is 9.09. The third-order valence-electron chi connectivity index (χ3n) is 5.89. The molecule has 6 nitrogen and oxygen atoms in total. The van der Waals surface area contributed by atoms with Crippen molar-refractivity contribution in [1.29, 1.82) is 0 Å². The van der Waals surface area contributed by atoms with Gasteiger partial charge in [0, 0.05) is 25.0 Å². The van der Waals surface area contributed by atoms with Gasteiger partial charge >= 0.3 is 0 Å². The minimum absolute atomic E-state index is 0.0346. The summed E-state index contributed by atoms with van der Waals surface area (Å²) in [6.45, 7) is 7.06. The maximum absolute atomic E-state index is 12.7. The summed E-state index contributed by atoms with van der Waals surface area (Å²) in [6, 6.07) is 6.75. The second-order valence-corrected chi connectivity index (χ2v) is 8.74. The van der Waals surface area contributed by atoms with Crippen LogP contribution in [0.25, 0.3) is 0 Å². The van der Waals surface area contributed by atoms with Crippen LogP contribution in [0.15, 0.2) is 24.3 Å². The van der Waals surface area contributed by atoms with Crippen molar-refractivity contribution < 1.29 is 14.3 Å². The molecule has 2 N–H and O–H groups in total. The zero-order chi connectivity index (χ0) is 19.1. The molecule has 2 aliphatic rings. The maximum Gasteiger partial charge on any atom is 0.260 e. The predicted molar refractivity (Wildman–Crippen MR) is 99.9 cm³/mol. The molecule has 1 aromatic rings. The van der Waals surface area contributed by atoms with Crippen LogP contribution in [0, 0.1) is 16.7 Å². The van der Waals surface area contributed by atoms with Crippen LogP contribution in [0.3, 0.4) is 0 Å². The van der Waals surface area contributed by atoms with Crippen molar-refractivity contribution in [2.24, 2.45) is 22.5 Å². The van der Waals surface area contributed by atoms with Crippen LogP contribution in [0.1, 0.15) is 30.6 Å². The fraction of sp³-hybridized carbons (Fsp3) is 0.600. The van der Waals surface area contributed by atoms with Crippen molar-refractivity contribution in [1.82, 2.24) is 9.80 Å². The topological polar surface area (TPSA) is 75.9 Å². The Morgan fingerprint density at radius 3 is 2.62 bits per heavy atom. The van der Waals surface area contributed by atoms with E-state index in [9.17, 15) is 9.59 Å². The molecule has 2 amide bonds. The molecule has 1 saturated heterocycles. The summed E-state index contributed by atoms with van der Waals surface area (Å²) in [7, 11) is 4.18. The van der Waals surface area contributed by atoms with E-state index >= 15 is 0 Å². The third kappa shape index (κ3) is 3.30. The second-order valence-electron chi connectivity index (χ2n) is 8.74. The molecule has 2 atom stereocenters. The van der Waals surface area contributed by atoms with Gasteiger partial charge in [-0.05, 0) is 44.0 Å². The largest absolute Gasteiger partial charge is 0.483 e. The number of benzene rings is 1. The number of likely N-dealkylation sites (tertiary alicyclic amines) is 1. The van der Waals surface area contributed by atoms with Crippen LogP contribution < -0.4 is 10.5 Å². The van der Waals surface area contributed by atoms with Crippen molar-refractivity contribution >= 4 is 11.8 Å². The van der Waals surface area contributed by atoms with Gasteiger partial charge in [0.15, 0.2) is 6.61 Å². The van der Waals surface area contributed by atoms with E-state index in [1.54, 1.807) is 24.3 Å². The summed E-state index contributed by atoms with van der Waals surface area (Å²) in [4.78, 5) is 28.3. The first-order chi connectivity index (χ1) is 12.1. The number of nitrogens with zero attached hydrogens (tertiary/aromatic N) is 2. The summed E-state index contributed by atoms with van der Waals surface area (Å²) in [5.41, 5.74) is 6.12. The Morgan fingerprint density at radius 2 is 2.00 bits per heavy atom. The smallest absolute Gasteiger partial charge is 0.260 e. The molecular formula is C20H29N3O3. The molecule has 1 aliphatic heterocycles. The van der Waals surface area contributed by atoms with Crippen molar-refractivity contribution in [3.63, 3.8) is 0 Å². The Bertz CT molecular complexity index is 712. The van der Waals surface area contributed by atoms with E-state index in [1.165, 1.54) is 0 Å². The second kappa shape index (κ2) is 6.58. The van der Waals surface area contributed by atoms with Gasteiger partial charge in [0.2, 0.25) is 0 Å². The lowest BCUT2D eigenvalue weighted by molar-refractivity contribution is -0.132. The molecule has 2 fully saturated rings. The number of ether oxygens (including phenoxy) is 1. The highest BCUT2D eigenvalue weighted by atomic mass is 16.5. The van der Waals surface area contributed by atoms with E-state index < -0.39 is 5.91 Å². The zero-order valence-corrected chi connectivity index (χ0v) is 16.1.